The van der Waals surface area contributed by atoms with Crippen molar-refractivity contribution in [2.24, 2.45) is 0 Å². The Hall–Kier alpha value is -1.47. The number of amides is 1. The maximum absolute atomic E-state index is 13.1. The number of hydrogen-bond donors (Lipinski definition) is 12. The van der Waals surface area contributed by atoms with E-state index in [-0.39, 0.29) is 18.9 Å². The summed E-state index contributed by atoms with van der Waals surface area (Å²) in [6.07, 6.45) is 18.4. The number of nitrogens with one attached hydrogen (secondary N) is 1. The summed E-state index contributed by atoms with van der Waals surface area (Å²) in [6.45, 7) is 1.66. The molecule has 19 nitrogen and oxygen atoms in total. The minimum absolute atomic E-state index is 0.243. The number of carbonyl (C=O) groups is 1. The first-order valence-corrected chi connectivity index (χ1v) is 31.4. The summed E-state index contributed by atoms with van der Waals surface area (Å²) < 4.78 is 34.1. The zero-order valence-corrected chi connectivity index (χ0v) is 48.6. The first-order chi connectivity index (χ1) is 38.3. The molecule has 12 N–H and O–H groups in total. The predicted molar refractivity (Wildman–Crippen MR) is 300 cm³/mol. The SMILES string of the molecule is CCCCCCCCCCCCCCCCCCCCCCCCCCCC/C=C/C(O)C(COC1OC(CO)C(OC2OC(CO)C(OC3OC(CO)C(O)C(O)C3O)C(O)C2O)C(O)C1O)NC(=O)CCCCCCCC. The summed E-state index contributed by atoms with van der Waals surface area (Å²) >= 11 is 0. The number of unbranched alkanes of at least 4 members (excludes halogenated alkanes) is 31. The second kappa shape index (κ2) is 44.1. The summed E-state index contributed by atoms with van der Waals surface area (Å²) in [7, 11) is 0. The molecule has 3 saturated heterocycles. The standard InChI is InChI=1S/C60H113NO18/c1-3-5-7-9-11-12-13-14-15-16-17-18-19-20-21-22-23-24-25-26-27-28-29-30-31-32-33-35-37-44(65)43(61-48(66)38-36-34-10-8-6-4-2)42-74-58-54(72)51(69)56(46(40-63)76-58)79-60-55(73)52(70)57(47(41-64)77-60)78-59-53(71)50(68)49(67)45(39-62)75-59/h35,37,43-47,49-60,62-65,67-73H,3-34,36,38-42H2,1-2H3,(H,61,66)/b37-35+. The highest BCUT2D eigenvalue weighted by Gasteiger charge is 2.53. The first kappa shape index (κ1) is 71.8. The maximum atomic E-state index is 13.1. The van der Waals surface area contributed by atoms with Crippen LogP contribution in [0.2, 0.25) is 0 Å². The van der Waals surface area contributed by atoms with Crippen molar-refractivity contribution < 1.29 is 89.4 Å². The Morgan fingerprint density at radius 3 is 1.19 bits per heavy atom. The Morgan fingerprint density at radius 2 is 0.785 bits per heavy atom. The molecule has 79 heavy (non-hydrogen) atoms. The number of aliphatic hydroxyl groups is 11. The molecule has 3 heterocycles. The lowest BCUT2D eigenvalue weighted by molar-refractivity contribution is -0.379. The van der Waals surface area contributed by atoms with Crippen LogP contribution in [0.3, 0.4) is 0 Å². The zero-order valence-electron chi connectivity index (χ0n) is 48.6. The third-order valence-electron chi connectivity index (χ3n) is 16.1. The van der Waals surface area contributed by atoms with E-state index in [2.05, 4.69) is 19.2 Å². The van der Waals surface area contributed by atoms with Crippen molar-refractivity contribution in [3.05, 3.63) is 12.2 Å². The molecule has 3 rings (SSSR count). The summed E-state index contributed by atoms with van der Waals surface area (Å²) in [5.41, 5.74) is 0. The molecule has 0 aromatic carbocycles. The molecule has 0 radical (unpaired) electrons. The summed E-state index contributed by atoms with van der Waals surface area (Å²) in [6, 6.07) is -0.965. The maximum Gasteiger partial charge on any atom is 0.220 e. The molecule has 1 amide bonds. The van der Waals surface area contributed by atoms with Gasteiger partial charge < -0.3 is 89.9 Å². The molecule has 17 unspecified atom stereocenters. The Labute approximate surface area is 474 Å². The van der Waals surface area contributed by atoms with Gasteiger partial charge in [0.1, 0.15) is 73.2 Å². The van der Waals surface area contributed by atoms with Gasteiger partial charge in [0.15, 0.2) is 18.9 Å². The zero-order chi connectivity index (χ0) is 57.6. The van der Waals surface area contributed by atoms with Crippen molar-refractivity contribution in [1.82, 2.24) is 5.32 Å². The number of ether oxygens (including phenoxy) is 6. The van der Waals surface area contributed by atoms with Crippen molar-refractivity contribution in [1.29, 1.82) is 0 Å². The highest BCUT2D eigenvalue weighted by atomic mass is 16.8. The van der Waals surface area contributed by atoms with Crippen LogP contribution in [0.4, 0.5) is 0 Å². The highest BCUT2D eigenvalue weighted by Crippen LogP contribution is 2.33. The van der Waals surface area contributed by atoms with Crippen LogP contribution in [0.25, 0.3) is 0 Å². The van der Waals surface area contributed by atoms with Gasteiger partial charge in [-0.05, 0) is 19.3 Å². The summed E-state index contributed by atoms with van der Waals surface area (Å²) in [5, 5.41) is 120. The van der Waals surface area contributed by atoms with E-state index in [0.717, 1.165) is 57.8 Å². The Kier molecular flexibility index (Phi) is 40.1. The van der Waals surface area contributed by atoms with Crippen LogP contribution in [-0.4, -0.2) is 193 Å². The molecule has 0 aromatic rings. The van der Waals surface area contributed by atoms with E-state index in [1.807, 2.05) is 6.08 Å². The average Bonchev–Trinajstić information content (AvgIpc) is 3.55. The van der Waals surface area contributed by atoms with E-state index in [1.165, 1.54) is 148 Å². The van der Waals surface area contributed by atoms with Gasteiger partial charge in [-0.2, -0.15) is 0 Å². The van der Waals surface area contributed by atoms with Crippen molar-refractivity contribution >= 4 is 5.91 Å². The van der Waals surface area contributed by atoms with Crippen LogP contribution in [0.1, 0.15) is 232 Å². The second-order valence-corrected chi connectivity index (χ2v) is 22.9. The van der Waals surface area contributed by atoms with Gasteiger partial charge >= 0.3 is 0 Å². The van der Waals surface area contributed by atoms with Crippen LogP contribution in [-0.2, 0) is 33.2 Å². The van der Waals surface area contributed by atoms with Gasteiger partial charge in [-0.1, -0.05) is 219 Å². The molecule has 3 fully saturated rings. The average molecular weight is 1140 g/mol. The molecular weight excluding hydrogens is 1020 g/mol. The normalized spacial score (nSPS) is 30.3. The third kappa shape index (κ3) is 27.9. The number of hydrogen-bond acceptors (Lipinski definition) is 18. The molecule has 466 valence electrons. The van der Waals surface area contributed by atoms with Gasteiger partial charge in [0.05, 0.1) is 38.6 Å². The number of allylic oxidation sites excluding steroid dienone is 1. The number of rotatable bonds is 47. The number of aliphatic hydroxyl groups excluding tert-OH is 11. The van der Waals surface area contributed by atoms with Crippen LogP contribution in [0.5, 0.6) is 0 Å². The molecule has 0 bridgehead atoms. The van der Waals surface area contributed by atoms with Crippen LogP contribution in [0, 0.1) is 0 Å². The van der Waals surface area contributed by atoms with Crippen molar-refractivity contribution in [2.45, 2.75) is 336 Å². The van der Waals surface area contributed by atoms with E-state index < -0.39 is 124 Å². The minimum Gasteiger partial charge on any atom is -0.394 e. The molecule has 3 aliphatic heterocycles. The van der Waals surface area contributed by atoms with Gasteiger partial charge in [-0.15, -0.1) is 0 Å². The van der Waals surface area contributed by atoms with Crippen molar-refractivity contribution in [3.8, 4) is 0 Å². The lowest BCUT2D eigenvalue weighted by Crippen LogP contribution is -2.66. The fourth-order valence-corrected chi connectivity index (χ4v) is 10.9. The lowest BCUT2D eigenvalue weighted by atomic mass is 9.96. The summed E-state index contributed by atoms with van der Waals surface area (Å²) in [4.78, 5) is 13.1. The Bertz CT molecular complexity index is 1500. The van der Waals surface area contributed by atoms with Crippen LogP contribution in [0.15, 0.2) is 12.2 Å². The topological polar surface area (TPSA) is 307 Å². The molecule has 19 heteroatoms. The largest absolute Gasteiger partial charge is 0.394 e. The molecule has 3 aliphatic rings. The Morgan fingerprint density at radius 1 is 0.443 bits per heavy atom. The van der Waals surface area contributed by atoms with E-state index in [0.29, 0.717) is 6.42 Å². The van der Waals surface area contributed by atoms with E-state index >= 15 is 0 Å². The van der Waals surface area contributed by atoms with E-state index in [4.69, 9.17) is 28.4 Å². The third-order valence-corrected chi connectivity index (χ3v) is 16.1. The fraction of sp³-hybridized carbons (Fsp3) is 0.950. The first-order valence-electron chi connectivity index (χ1n) is 31.4. The fourth-order valence-electron chi connectivity index (χ4n) is 10.9. The van der Waals surface area contributed by atoms with Crippen LogP contribution >= 0.6 is 0 Å². The molecule has 0 aromatic heterocycles. The molecule has 0 aliphatic carbocycles. The highest BCUT2D eigenvalue weighted by molar-refractivity contribution is 5.76. The van der Waals surface area contributed by atoms with Gasteiger partial charge in [-0.3, -0.25) is 4.79 Å². The summed E-state index contributed by atoms with van der Waals surface area (Å²) in [5.74, 6) is -0.283. The van der Waals surface area contributed by atoms with E-state index in [9.17, 15) is 61.0 Å². The van der Waals surface area contributed by atoms with E-state index in [1.54, 1.807) is 6.08 Å². The smallest absolute Gasteiger partial charge is 0.220 e. The van der Waals surface area contributed by atoms with Crippen molar-refractivity contribution in [3.63, 3.8) is 0 Å². The molecule has 17 atom stereocenters. The van der Waals surface area contributed by atoms with Gasteiger partial charge in [0, 0.05) is 6.42 Å². The van der Waals surface area contributed by atoms with Gasteiger partial charge in [-0.25, -0.2) is 0 Å². The molecular formula is C60H113NO18. The Balaban J connectivity index is 1.37. The van der Waals surface area contributed by atoms with Gasteiger partial charge in [0.25, 0.3) is 0 Å². The van der Waals surface area contributed by atoms with Crippen molar-refractivity contribution in [2.75, 3.05) is 26.4 Å². The second-order valence-electron chi connectivity index (χ2n) is 22.9. The minimum atomic E-state index is -1.97. The quantitative estimate of drug-likeness (QED) is 0.0240. The molecule has 0 saturated carbocycles. The number of carbonyl (C=O) groups excluding carboxylic acids is 1. The predicted octanol–water partition coefficient (Wildman–Crippen LogP) is 6.16. The lowest BCUT2D eigenvalue weighted by Gasteiger charge is -2.48. The van der Waals surface area contributed by atoms with Gasteiger partial charge in [0.2, 0.25) is 5.91 Å². The molecule has 0 spiro atoms. The van der Waals surface area contributed by atoms with Crippen LogP contribution < -0.4 is 5.32 Å². The monoisotopic (exact) mass is 1140 g/mol.